The first kappa shape index (κ1) is 36.8. The molecule has 0 aliphatic carbocycles. The smallest absolute Gasteiger partial charge is 0.247 e. The quantitative estimate of drug-likeness (QED) is 0.131. The van der Waals surface area contributed by atoms with E-state index in [2.05, 4.69) is 132 Å². The molecule has 4 fully saturated rings. The molecule has 4 saturated heterocycles. The highest BCUT2D eigenvalue weighted by atomic mass is 16.3. The summed E-state index contributed by atoms with van der Waals surface area (Å²) in [5, 5.41) is 22.3. The topological polar surface area (TPSA) is 88.9 Å². The third-order valence-corrected chi connectivity index (χ3v) is 14.3. The van der Waals surface area contributed by atoms with Crippen LogP contribution in [0.15, 0.2) is 97.6 Å². The maximum atomic E-state index is 10.5. The lowest BCUT2D eigenvalue weighted by Crippen LogP contribution is -2.46. The normalized spacial score (nSPS) is 23.5. The van der Waals surface area contributed by atoms with Crippen molar-refractivity contribution in [3.05, 3.63) is 120 Å². The molecule has 3 aromatic carbocycles. The van der Waals surface area contributed by atoms with Gasteiger partial charge in [0.25, 0.3) is 0 Å². The number of fused-ring (bicyclic) bond motifs is 1. The molecular formula is C46H60N7O2+. The number of hydrogen-bond acceptors (Lipinski definition) is 6. The number of aliphatic hydroxyl groups excluding tert-OH is 2. The molecule has 0 radical (unpaired) electrons. The maximum Gasteiger partial charge on any atom is 0.247 e. The second-order valence-electron chi connectivity index (χ2n) is 17.5. The van der Waals surface area contributed by atoms with Gasteiger partial charge in [0.2, 0.25) is 6.33 Å². The Kier molecular flexibility index (Phi) is 10.7. The third kappa shape index (κ3) is 7.67. The van der Waals surface area contributed by atoms with Crippen molar-refractivity contribution in [2.75, 3.05) is 72.1 Å². The van der Waals surface area contributed by atoms with Crippen LogP contribution in [0.5, 0.6) is 0 Å². The fourth-order valence-electron chi connectivity index (χ4n) is 11.0. The first-order valence-corrected chi connectivity index (χ1v) is 20.9. The molecule has 4 N–H and O–H groups in total. The molecule has 0 saturated carbocycles. The molecule has 9 nitrogen and oxygen atoms in total. The molecule has 2 spiro atoms. The lowest BCUT2D eigenvalue weighted by molar-refractivity contribution is -0.604. The summed E-state index contributed by atoms with van der Waals surface area (Å²) in [6.07, 6.45) is 12.1. The van der Waals surface area contributed by atoms with E-state index in [1.807, 2.05) is 0 Å². The Hall–Kier alpha value is -3.83. The van der Waals surface area contributed by atoms with E-state index in [0.29, 0.717) is 11.8 Å². The Morgan fingerprint density at radius 1 is 0.655 bits per heavy atom. The van der Waals surface area contributed by atoms with Crippen molar-refractivity contribution >= 4 is 10.9 Å². The molecule has 9 heteroatoms. The highest BCUT2D eigenvalue weighted by molar-refractivity contribution is 5.82. The summed E-state index contributed by atoms with van der Waals surface area (Å²) in [6.45, 7) is 13.0. The van der Waals surface area contributed by atoms with E-state index >= 15 is 0 Å². The molecule has 4 aliphatic rings. The number of aromatic nitrogens is 3. The minimum atomic E-state index is 0.213. The van der Waals surface area contributed by atoms with Gasteiger partial charge in [-0.3, -0.25) is 14.7 Å². The zero-order chi connectivity index (χ0) is 37.2. The highest BCUT2D eigenvalue weighted by Gasteiger charge is 2.48. The van der Waals surface area contributed by atoms with E-state index in [0.717, 1.165) is 111 Å². The summed E-state index contributed by atoms with van der Waals surface area (Å²) >= 11 is 0. The first-order valence-electron chi connectivity index (χ1n) is 20.9. The number of aromatic amines is 2. The predicted molar refractivity (Wildman–Crippen MR) is 218 cm³/mol. The Morgan fingerprint density at radius 3 is 2.05 bits per heavy atom. The summed E-state index contributed by atoms with van der Waals surface area (Å²) in [6, 6.07) is 28.5. The van der Waals surface area contributed by atoms with Crippen molar-refractivity contribution in [2.45, 2.75) is 51.7 Å². The number of piperidine rings is 2. The van der Waals surface area contributed by atoms with Gasteiger partial charge >= 0.3 is 0 Å². The number of nitrogens with zero attached hydrogens (tertiary/aromatic N) is 5. The van der Waals surface area contributed by atoms with E-state index in [1.165, 1.54) is 39.0 Å². The van der Waals surface area contributed by atoms with Crippen LogP contribution in [-0.4, -0.2) is 112 Å². The van der Waals surface area contributed by atoms with Crippen LogP contribution in [-0.2, 0) is 26.1 Å². The summed E-state index contributed by atoms with van der Waals surface area (Å²) in [5.74, 6) is 0.710. The lowest BCUT2D eigenvalue weighted by Gasteiger charge is -2.42. The van der Waals surface area contributed by atoms with Gasteiger partial charge in [-0.1, -0.05) is 60.7 Å². The molecule has 6 heterocycles. The third-order valence-electron chi connectivity index (χ3n) is 14.3. The zero-order valence-corrected chi connectivity index (χ0v) is 32.5. The fraction of sp³-hybridized carbons (Fsp3) is 0.500. The van der Waals surface area contributed by atoms with Crippen LogP contribution in [0.2, 0.25) is 0 Å². The van der Waals surface area contributed by atoms with Crippen molar-refractivity contribution < 1.29 is 14.8 Å². The standard InChI is InChI=1S/C46H59N7O2/c54-31-39-28-51(33-45(39)14-19-49(20-15-45)27-38-24-48-44-12-5-4-11-43(38)44)18-13-36-9-6-10-41(23-36)53-35-47-25-42(53)30-50-21-16-46(17-22-50)34-52(29-40(46)32-55)26-37-7-2-1-3-8-37/h1-12,23-25,35,39-40,48,54-55H,13-22,26-34H2/p+1. The molecule has 55 heavy (non-hydrogen) atoms. The van der Waals surface area contributed by atoms with Gasteiger partial charge in [0.15, 0.2) is 5.69 Å². The monoisotopic (exact) mass is 742 g/mol. The van der Waals surface area contributed by atoms with Crippen molar-refractivity contribution in [1.82, 2.24) is 29.6 Å². The number of aliphatic hydroxyl groups is 2. The Balaban J connectivity index is 0.778. The number of para-hydroxylation sites is 1. The molecule has 4 aliphatic heterocycles. The highest BCUT2D eigenvalue weighted by Crippen LogP contribution is 2.46. The Labute approximate surface area is 326 Å². The average molecular weight is 743 g/mol. The van der Waals surface area contributed by atoms with Gasteiger partial charge in [-0.05, 0) is 104 Å². The van der Waals surface area contributed by atoms with E-state index < -0.39 is 0 Å². The molecule has 2 aromatic heterocycles. The maximum absolute atomic E-state index is 10.5. The number of hydrogen-bond donors (Lipinski definition) is 4. The number of nitrogens with one attached hydrogen (secondary N) is 2. The Morgan fingerprint density at radius 2 is 1.31 bits per heavy atom. The number of imidazole rings is 1. The fourth-order valence-corrected chi connectivity index (χ4v) is 11.0. The number of likely N-dealkylation sites (tertiary alicyclic amines) is 4. The van der Waals surface area contributed by atoms with Crippen LogP contribution in [0, 0.1) is 22.7 Å². The summed E-state index contributed by atoms with van der Waals surface area (Å²) in [7, 11) is 0. The first-order chi connectivity index (χ1) is 27.0. The molecule has 5 aromatic rings. The van der Waals surface area contributed by atoms with Gasteiger partial charge in [-0.2, -0.15) is 4.57 Å². The van der Waals surface area contributed by atoms with E-state index in [-0.39, 0.29) is 24.0 Å². The van der Waals surface area contributed by atoms with Gasteiger partial charge < -0.3 is 20.1 Å². The predicted octanol–water partition coefficient (Wildman–Crippen LogP) is 5.23. The molecule has 2 unspecified atom stereocenters. The van der Waals surface area contributed by atoms with Crippen LogP contribution in [0.4, 0.5) is 0 Å². The molecule has 0 bridgehead atoms. The van der Waals surface area contributed by atoms with Crippen LogP contribution < -0.4 is 4.57 Å². The molecular weight excluding hydrogens is 683 g/mol. The number of benzene rings is 3. The summed E-state index contributed by atoms with van der Waals surface area (Å²) in [5.41, 5.74) is 8.26. The number of H-pyrrole nitrogens is 2. The minimum absolute atomic E-state index is 0.213. The minimum Gasteiger partial charge on any atom is -0.396 e. The second-order valence-corrected chi connectivity index (χ2v) is 17.5. The van der Waals surface area contributed by atoms with E-state index in [4.69, 9.17) is 0 Å². The van der Waals surface area contributed by atoms with Gasteiger partial charge in [-0.15, -0.1) is 0 Å². The van der Waals surface area contributed by atoms with Gasteiger partial charge in [-0.25, -0.2) is 4.98 Å². The zero-order valence-electron chi connectivity index (χ0n) is 32.5. The average Bonchev–Trinajstić information content (AvgIpc) is 4.01. The molecule has 0 amide bonds. The second kappa shape index (κ2) is 16.0. The van der Waals surface area contributed by atoms with E-state index in [1.54, 1.807) is 0 Å². The molecule has 2 atom stereocenters. The van der Waals surface area contributed by atoms with Crippen molar-refractivity contribution in [3.8, 4) is 5.69 Å². The van der Waals surface area contributed by atoms with Crippen molar-refractivity contribution in [1.29, 1.82) is 0 Å². The SMILES string of the molecule is OCC1CN(CCc2cccc(-[n+]3c[nH]cc3CN3CCC4(CC3)CN(Cc3ccccc3)CC4CO)c2)CC12CCN(Cc1c[nH]c3ccccc13)CC2. The largest absolute Gasteiger partial charge is 0.396 e. The van der Waals surface area contributed by atoms with Gasteiger partial charge in [0, 0.05) is 88.0 Å². The van der Waals surface area contributed by atoms with Gasteiger partial charge in [0.05, 0.1) is 6.54 Å². The van der Waals surface area contributed by atoms with Crippen LogP contribution in [0.25, 0.3) is 16.6 Å². The number of rotatable bonds is 12. The van der Waals surface area contributed by atoms with Crippen molar-refractivity contribution in [3.63, 3.8) is 0 Å². The summed E-state index contributed by atoms with van der Waals surface area (Å²) in [4.78, 5) is 17.3. The Bertz CT molecular complexity index is 2010. The van der Waals surface area contributed by atoms with Crippen LogP contribution in [0.3, 0.4) is 0 Å². The molecule has 290 valence electrons. The lowest BCUT2D eigenvalue weighted by atomic mass is 9.71. The van der Waals surface area contributed by atoms with E-state index in [9.17, 15) is 10.2 Å². The molecule has 9 rings (SSSR count). The van der Waals surface area contributed by atoms with Crippen LogP contribution >= 0.6 is 0 Å². The van der Waals surface area contributed by atoms with Crippen molar-refractivity contribution in [2.24, 2.45) is 22.7 Å². The van der Waals surface area contributed by atoms with Gasteiger partial charge in [0.1, 0.15) is 11.9 Å². The van der Waals surface area contributed by atoms with Crippen LogP contribution in [0.1, 0.15) is 48.1 Å². The summed E-state index contributed by atoms with van der Waals surface area (Å²) < 4.78 is 2.33.